The molecule has 0 saturated carbocycles. The average Bonchev–Trinajstić information content (AvgIpc) is 2.72. The first-order valence-electron chi connectivity index (χ1n) is 11.0. The standard InChI is InChI=1S/C25H38O7/c1-6-25(5,30)15-18(3)13-19(4)24-21(8-10-23(29)32-24)31-22(28)9-7-17(2)14-20(16-27)11-12-26/h6-10,14,18-21,24,26-27,30H,1,11-13,15-16H2,2-5H3. The highest BCUT2D eigenvalue weighted by molar-refractivity contribution is 5.85. The molecule has 0 fully saturated rings. The lowest BCUT2D eigenvalue weighted by molar-refractivity contribution is -0.164. The molecule has 0 aliphatic carbocycles. The van der Waals surface area contributed by atoms with Crippen LogP contribution >= 0.6 is 0 Å². The van der Waals surface area contributed by atoms with E-state index in [2.05, 4.69) is 6.58 Å². The number of esters is 2. The molecular formula is C25H38O7. The quantitative estimate of drug-likeness (QED) is 0.171. The molecule has 1 aliphatic rings. The van der Waals surface area contributed by atoms with E-state index in [0.717, 1.165) is 5.57 Å². The van der Waals surface area contributed by atoms with Gasteiger partial charge in [-0.25, -0.2) is 9.59 Å². The largest absolute Gasteiger partial charge is 0.455 e. The predicted octanol–water partition coefficient (Wildman–Crippen LogP) is 2.86. The lowest BCUT2D eigenvalue weighted by Gasteiger charge is -2.33. The third kappa shape index (κ3) is 9.94. The van der Waals surface area contributed by atoms with Crippen LogP contribution in [0, 0.1) is 17.8 Å². The van der Waals surface area contributed by atoms with Crippen LogP contribution in [0.5, 0.6) is 0 Å². The fourth-order valence-corrected chi connectivity index (χ4v) is 3.90. The van der Waals surface area contributed by atoms with E-state index in [1.807, 2.05) is 13.8 Å². The molecule has 6 atom stereocenters. The summed E-state index contributed by atoms with van der Waals surface area (Å²) in [4.78, 5) is 24.2. The molecule has 0 bridgehead atoms. The van der Waals surface area contributed by atoms with Crippen molar-refractivity contribution in [3.63, 3.8) is 0 Å². The molecule has 7 nitrogen and oxygen atoms in total. The molecule has 180 valence electrons. The molecule has 3 N–H and O–H groups in total. The summed E-state index contributed by atoms with van der Waals surface area (Å²) in [6.45, 7) is 10.9. The summed E-state index contributed by atoms with van der Waals surface area (Å²) >= 11 is 0. The highest BCUT2D eigenvalue weighted by Crippen LogP contribution is 2.29. The second kappa shape index (κ2) is 13.4. The number of hydrogen-bond acceptors (Lipinski definition) is 7. The van der Waals surface area contributed by atoms with Crippen molar-refractivity contribution in [2.45, 2.75) is 64.8 Å². The average molecular weight is 451 g/mol. The monoisotopic (exact) mass is 450 g/mol. The van der Waals surface area contributed by atoms with Crippen LogP contribution in [0.2, 0.25) is 0 Å². The smallest absolute Gasteiger partial charge is 0.331 e. The number of aliphatic hydroxyl groups is 3. The van der Waals surface area contributed by atoms with Crippen molar-refractivity contribution in [2.24, 2.45) is 17.8 Å². The maximum absolute atomic E-state index is 12.4. The van der Waals surface area contributed by atoms with E-state index in [1.54, 1.807) is 26.0 Å². The first-order valence-corrected chi connectivity index (χ1v) is 11.0. The molecule has 1 rings (SSSR count). The molecule has 1 heterocycles. The number of ether oxygens (including phenoxy) is 2. The number of rotatable bonds is 13. The minimum absolute atomic E-state index is 0.0309. The zero-order chi connectivity index (χ0) is 24.3. The van der Waals surface area contributed by atoms with Crippen molar-refractivity contribution in [3.8, 4) is 0 Å². The van der Waals surface area contributed by atoms with E-state index in [-0.39, 0.29) is 31.0 Å². The third-order valence-electron chi connectivity index (χ3n) is 5.50. The van der Waals surface area contributed by atoms with Gasteiger partial charge in [0.1, 0.15) is 6.10 Å². The molecule has 32 heavy (non-hydrogen) atoms. The zero-order valence-corrected chi connectivity index (χ0v) is 19.6. The first kappa shape index (κ1) is 27.8. The first-order chi connectivity index (χ1) is 15.0. The van der Waals surface area contributed by atoms with Gasteiger partial charge in [0.15, 0.2) is 6.10 Å². The van der Waals surface area contributed by atoms with Crippen LogP contribution in [-0.2, 0) is 19.1 Å². The molecule has 7 heteroatoms. The molecule has 0 aromatic rings. The van der Waals surface area contributed by atoms with Crippen molar-refractivity contribution in [1.82, 2.24) is 0 Å². The van der Waals surface area contributed by atoms with Crippen molar-refractivity contribution >= 4 is 11.9 Å². The number of cyclic esters (lactones) is 1. The van der Waals surface area contributed by atoms with Gasteiger partial charge in [0, 0.05) is 31.3 Å². The lowest BCUT2D eigenvalue weighted by atomic mass is 9.84. The van der Waals surface area contributed by atoms with Crippen LogP contribution in [0.1, 0.15) is 47.0 Å². The molecule has 0 aromatic heterocycles. The van der Waals surface area contributed by atoms with Crippen LogP contribution in [0.15, 0.2) is 48.6 Å². The second-order valence-electron chi connectivity index (χ2n) is 8.94. The Morgan fingerprint density at radius 1 is 1.34 bits per heavy atom. The summed E-state index contributed by atoms with van der Waals surface area (Å²) in [7, 11) is 0. The summed E-state index contributed by atoms with van der Waals surface area (Å²) in [5, 5.41) is 28.5. The Morgan fingerprint density at radius 2 is 2.03 bits per heavy atom. The highest BCUT2D eigenvalue weighted by atomic mass is 16.6. The van der Waals surface area contributed by atoms with Crippen molar-refractivity contribution < 1.29 is 34.4 Å². The molecule has 6 unspecified atom stereocenters. The topological polar surface area (TPSA) is 113 Å². The minimum Gasteiger partial charge on any atom is -0.455 e. The molecule has 0 aromatic carbocycles. The van der Waals surface area contributed by atoms with Gasteiger partial charge in [0.2, 0.25) is 0 Å². The summed E-state index contributed by atoms with van der Waals surface area (Å²) in [5.74, 6) is -1.21. The number of aliphatic hydroxyl groups excluding tert-OH is 2. The van der Waals surface area contributed by atoms with Crippen LogP contribution in [0.25, 0.3) is 0 Å². The van der Waals surface area contributed by atoms with Gasteiger partial charge in [-0.15, -0.1) is 6.58 Å². The molecule has 0 saturated heterocycles. The fraction of sp³-hybridized carbons (Fsp3) is 0.600. The molecule has 0 radical (unpaired) electrons. The van der Waals surface area contributed by atoms with E-state index in [4.69, 9.17) is 14.6 Å². The zero-order valence-electron chi connectivity index (χ0n) is 19.6. The van der Waals surface area contributed by atoms with Crippen molar-refractivity contribution in [1.29, 1.82) is 0 Å². The van der Waals surface area contributed by atoms with Gasteiger partial charge in [-0.05, 0) is 51.0 Å². The molecule has 0 amide bonds. The maximum Gasteiger partial charge on any atom is 0.331 e. The number of carbonyl (C=O) groups excluding carboxylic acids is 2. The Balaban J connectivity index is 2.78. The van der Waals surface area contributed by atoms with Crippen molar-refractivity contribution in [2.75, 3.05) is 13.2 Å². The van der Waals surface area contributed by atoms with E-state index >= 15 is 0 Å². The molecule has 0 spiro atoms. The number of allylic oxidation sites excluding steroid dienone is 2. The van der Waals surface area contributed by atoms with Gasteiger partial charge in [0.25, 0.3) is 0 Å². The van der Waals surface area contributed by atoms with Crippen LogP contribution < -0.4 is 0 Å². The van der Waals surface area contributed by atoms with Gasteiger partial charge in [-0.3, -0.25) is 0 Å². The van der Waals surface area contributed by atoms with Crippen LogP contribution in [0.4, 0.5) is 0 Å². The van der Waals surface area contributed by atoms with Gasteiger partial charge >= 0.3 is 11.9 Å². The molecular weight excluding hydrogens is 412 g/mol. The summed E-state index contributed by atoms with van der Waals surface area (Å²) < 4.78 is 11.0. The van der Waals surface area contributed by atoms with Gasteiger partial charge in [-0.2, -0.15) is 0 Å². The van der Waals surface area contributed by atoms with E-state index < -0.39 is 29.7 Å². The highest BCUT2D eigenvalue weighted by Gasteiger charge is 2.35. The number of hydrogen-bond donors (Lipinski definition) is 3. The summed E-state index contributed by atoms with van der Waals surface area (Å²) in [6.07, 6.45) is 9.23. The Morgan fingerprint density at radius 3 is 2.62 bits per heavy atom. The maximum atomic E-state index is 12.4. The Kier molecular flexibility index (Phi) is 11.6. The Bertz CT molecular complexity index is 720. The Hall–Kier alpha value is -2.22. The van der Waals surface area contributed by atoms with Crippen LogP contribution in [0.3, 0.4) is 0 Å². The van der Waals surface area contributed by atoms with Crippen molar-refractivity contribution in [3.05, 3.63) is 48.6 Å². The van der Waals surface area contributed by atoms with Crippen LogP contribution in [-0.4, -0.2) is 58.3 Å². The fourth-order valence-electron chi connectivity index (χ4n) is 3.90. The Labute approximate surface area is 191 Å². The van der Waals surface area contributed by atoms with Gasteiger partial charge in [0.05, 0.1) is 5.60 Å². The summed E-state index contributed by atoms with van der Waals surface area (Å²) in [6, 6.07) is 0. The van der Waals surface area contributed by atoms with E-state index in [9.17, 15) is 19.8 Å². The van der Waals surface area contributed by atoms with E-state index in [0.29, 0.717) is 19.3 Å². The number of carbonyl (C=O) groups is 2. The van der Waals surface area contributed by atoms with Gasteiger partial charge in [-0.1, -0.05) is 37.6 Å². The predicted molar refractivity (Wildman–Crippen MR) is 122 cm³/mol. The summed E-state index contributed by atoms with van der Waals surface area (Å²) in [5.41, 5.74) is -0.218. The van der Waals surface area contributed by atoms with E-state index in [1.165, 1.54) is 24.3 Å². The van der Waals surface area contributed by atoms with Gasteiger partial charge < -0.3 is 24.8 Å². The lowest BCUT2D eigenvalue weighted by Crippen LogP contribution is -2.41. The SMILES string of the molecule is C=CC(C)(O)CC(C)CC(C)C1OC(=O)C=CC1OC(=O)C=CC(C)=CC(CO)CCO. The normalized spacial score (nSPS) is 23.8. The molecule has 1 aliphatic heterocycles. The third-order valence-corrected chi connectivity index (χ3v) is 5.50. The minimum atomic E-state index is -0.976. The second-order valence-corrected chi connectivity index (χ2v) is 8.94.